The van der Waals surface area contributed by atoms with Gasteiger partial charge in [-0.3, -0.25) is 0 Å². The molecule has 9 rings (SSSR count). The molecule has 7 aromatic rings. The van der Waals surface area contributed by atoms with Crippen LogP contribution in [0.3, 0.4) is 0 Å². The first-order chi connectivity index (χ1) is 26.5. The van der Waals surface area contributed by atoms with Gasteiger partial charge in [-0.25, -0.2) is 9.97 Å². The van der Waals surface area contributed by atoms with Crippen LogP contribution in [0.4, 0.5) is 0 Å². The van der Waals surface area contributed by atoms with Gasteiger partial charge in [0.05, 0.1) is 22.8 Å². The van der Waals surface area contributed by atoms with Gasteiger partial charge in [-0.05, 0) is 105 Å². The van der Waals surface area contributed by atoms with Gasteiger partial charge in [-0.1, -0.05) is 129 Å². The number of fused-ring (bicyclic) bond motifs is 8. The number of nitrogens with one attached hydrogen (secondary N) is 2. The third-order valence-corrected chi connectivity index (χ3v) is 15.1. The molecule has 5 heterocycles. The van der Waals surface area contributed by atoms with Crippen molar-refractivity contribution in [2.24, 2.45) is 0 Å². The molecule has 0 amide bonds. The number of aromatic nitrogens is 4. The third-order valence-electron chi connectivity index (χ3n) is 10.6. The monoisotopic (exact) mass is 710 g/mol. The van der Waals surface area contributed by atoms with Gasteiger partial charge in [0.2, 0.25) is 0 Å². The molecule has 3 aromatic heterocycles. The summed E-state index contributed by atoms with van der Waals surface area (Å²) in [5.41, 5.74) is 13.9. The van der Waals surface area contributed by atoms with Gasteiger partial charge in [0.15, 0.2) is 8.07 Å². The maximum atomic E-state index is 5.58. The lowest BCUT2D eigenvalue weighted by atomic mass is 10.0. The quantitative estimate of drug-likeness (QED) is 0.162. The molecule has 2 aliphatic heterocycles. The normalized spacial score (nSPS) is 12.2. The summed E-state index contributed by atoms with van der Waals surface area (Å²) < 4.78 is 0. The Hall–Kier alpha value is -6.82. The first-order valence-electron chi connectivity index (χ1n) is 18.2. The fourth-order valence-electron chi connectivity index (χ4n) is 7.91. The number of nitrogens with zero attached hydrogens (tertiary/aromatic N) is 2. The zero-order valence-electron chi connectivity index (χ0n) is 30.1. The van der Waals surface area contributed by atoms with Crippen molar-refractivity contribution in [1.82, 2.24) is 19.9 Å². The summed E-state index contributed by atoms with van der Waals surface area (Å²) in [7, 11) is -2.73. The molecule has 0 saturated heterocycles. The minimum Gasteiger partial charge on any atom is -0.355 e. The van der Waals surface area contributed by atoms with E-state index in [4.69, 9.17) is 9.97 Å². The molecule has 0 saturated carbocycles. The van der Waals surface area contributed by atoms with E-state index in [0.717, 1.165) is 78.2 Å². The molecule has 258 valence electrons. The second kappa shape index (κ2) is 13.6. The Balaban J connectivity index is 1.48. The average molecular weight is 711 g/mol. The molecule has 2 aliphatic rings. The van der Waals surface area contributed by atoms with E-state index in [1.165, 1.54) is 15.6 Å². The molecule has 54 heavy (non-hydrogen) atoms. The second-order valence-electron chi connectivity index (χ2n) is 13.9. The summed E-state index contributed by atoms with van der Waals surface area (Å²) in [5.74, 6) is 0. The van der Waals surface area contributed by atoms with Crippen LogP contribution in [-0.4, -0.2) is 28.0 Å². The number of aromatic amines is 2. The highest BCUT2D eigenvalue weighted by molar-refractivity contribution is 7.11. The Morgan fingerprint density at radius 1 is 0.500 bits per heavy atom. The summed E-state index contributed by atoms with van der Waals surface area (Å²) in [6.45, 7) is 10.6. The Labute approximate surface area is 316 Å². The van der Waals surface area contributed by atoms with Gasteiger partial charge in [-0.15, -0.1) is 0 Å². The van der Waals surface area contributed by atoms with Crippen LogP contribution in [0.5, 0.6) is 0 Å². The number of benzene rings is 4. The number of hydrogen-bond acceptors (Lipinski definition) is 2. The first-order valence-corrected chi connectivity index (χ1v) is 20.7. The molecular formula is C49H38N4Si. The number of H-pyrrole nitrogens is 2. The van der Waals surface area contributed by atoms with Crippen LogP contribution in [0.2, 0.25) is 6.55 Å². The van der Waals surface area contributed by atoms with Crippen LogP contribution in [0.15, 0.2) is 153 Å². The Bertz CT molecular complexity index is 2730. The molecule has 2 N–H and O–H groups in total. The van der Waals surface area contributed by atoms with Crippen LogP contribution in [0.25, 0.3) is 80.8 Å². The third kappa shape index (κ3) is 5.81. The van der Waals surface area contributed by atoms with Crippen LogP contribution >= 0.6 is 0 Å². The summed E-state index contributed by atoms with van der Waals surface area (Å²) in [4.78, 5) is 18.5. The molecule has 4 nitrogen and oxygen atoms in total. The largest absolute Gasteiger partial charge is 0.355 e. The highest BCUT2D eigenvalue weighted by atomic mass is 28.3. The Kier molecular flexibility index (Phi) is 8.34. The van der Waals surface area contributed by atoms with Crippen LogP contribution in [0, 0.1) is 0 Å². The SMILES string of the molecule is C=Cc1cccc(-c2c3nc(c([Si](C)(c4ccccc4)c4ccccc4)c4ccc([nH]4)c(-c4cccc(C=C)c4)c4nc(cc5ccc2[nH]5)C=C4)C=C3)c1. The van der Waals surface area contributed by atoms with Crippen LogP contribution < -0.4 is 15.6 Å². The maximum absolute atomic E-state index is 5.58. The fourth-order valence-corrected chi connectivity index (χ4v) is 11.9. The van der Waals surface area contributed by atoms with Gasteiger partial charge < -0.3 is 9.97 Å². The Morgan fingerprint density at radius 2 is 1.04 bits per heavy atom. The Morgan fingerprint density at radius 3 is 1.67 bits per heavy atom. The molecular weight excluding hydrogens is 673 g/mol. The predicted octanol–water partition coefficient (Wildman–Crippen LogP) is 10.4. The summed E-state index contributed by atoms with van der Waals surface area (Å²) in [5, 5.41) is 3.82. The van der Waals surface area contributed by atoms with Gasteiger partial charge in [0, 0.05) is 33.2 Å². The van der Waals surface area contributed by atoms with Crippen molar-refractivity contribution < 1.29 is 0 Å². The van der Waals surface area contributed by atoms with Crippen molar-refractivity contribution in [2.75, 3.05) is 0 Å². The lowest BCUT2D eigenvalue weighted by Gasteiger charge is -2.30. The van der Waals surface area contributed by atoms with E-state index >= 15 is 0 Å². The molecule has 5 heteroatoms. The highest BCUT2D eigenvalue weighted by Gasteiger charge is 2.38. The smallest absolute Gasteiger partial charge is 0.150 e. The molecule has 0 atom stereocenters. The summed E-state index contributed by atoms with van der Waals surface area (Å²) in [6.07, 6.45) is 12.4. The zero-order chi connectivity index (χ0) is 36.6. The second-order valence-corrected chi connectivity index (χ2v) is 17.8. The lowest BCUT2D eigenvalue weighted by molar-refractivity contribution is 1.31. The minimum absolute atomic E-state index is 0.874. The van der Waals surface area contributed by atoms with Crippen molar-refractivity contribution in [1.29, 1.82) is 0 Å². The van der Waals surface area contributed by atoms with Crippen molar-refractivity contribution in [2.45, 2.75) is 6.55 Å². The fraction of sp³-hybridized carbons (Fsp3) is 0.0204. The molecule has 0 spiro atoms. The van der Waals surface area contributed by atoms with Gasteiger partial charge >= 0.3 is 0 Å². The van der Waals surface area contributed by atoms with E-state index < -0.39 is 8.07 Å². The van der Waals surface area contributed by atoms with Crippen molar-refractivity contribution in [3.8, 4) is 22.3 Å². The van der Waals surface area contributed by atoms with E-state index in [1.807, 2.05) is 12.2 Å². The molecule has 4 aromatic carbocycles. The van der Waals surface area contributed by atoms with Gasteiger partial charge in [-0.2, -0.15) is 0 Å². The molecule has 0 aliphatic carbocycles. The van der Waals surface area contributed by atoms with E-state index in [9.17, 15) is 0 Å². The van der Waals surface area contributed by atoms with Crippen molar-refractivity contribution in [3.63, 3.8) is 0 Å². The minimum atomic E-state index is -2.73. The standard InChI is InChI=1S/C49H38N4Si/c1-4-33-14-12-16-35(30-33)47-41-24-22-37(50-41)32-38-23-25-42(51-38)48(36-17-13-15-34(5-2)31-36)44-27-29-46(53-44)49(45-28-26-43(47)52-45)54(3,39-18-8-6-9-19-39)40-20-10-7-11-21-40/h4-32,50,53H,1-2H2,3H3. The lowest BCUT2D eigenvalue weighted by Crippen LogP contribution is -2.65. The van der Waals surface area contributed by atoms with E-state index in [2.05, 4.69) is 194 Å². The van der Waals surface area contributed by atoms with E-state index in [1.54, 1.807) is 0 Å². The van der Waals surface area contributed by atoms with Crippen molar-refractivity contribution in [3.05, 3.63) is 187 Å². The number of hydrogen-bond donors (Lipinski definition) is 2. The maximum Gasteiger partial charge on any atom is 0.150 e. The predicted molar refractivity (Wildman–Crippen MR) is 233 cm³/mol. The molecule has 0 unspecified atom stereocenters. The van der Waals surface area contributed by atoms with Gasteiger partial charge in [0.1, 0.15) is 0 Å². The van der Waals surface area contributed by atoms with Crippen LogP contribution in [0.1, 0.15) is 33.9 Å². The number of rotatable bonds is 7. The summed E-state index contributed by atoms with van der Waals surface area (Å²) >= 11 is 0. The summed E-state index contributed by atoms with van der Waals surface area (Å²) in [6, 6.07) is 49.7. The highest BCUT2D eigenvalue weighted by Crippen LogP contribution is 2.33. The molecule has 0 fully saturated rings. The topological polar surface area (TPSA) is 57.4 Å². The van der Waals surface area contributed by atoms with Crippen molar-refractivity contribution >= 4 is 82.2 Å². The van der Waals surface area contributed by atoms with E-state index in [-0.39, 0.29) is 0 Å². The van der Waals surface area contributed by atoms with E-state index in [0.29, 0.717) is 0 Å². The van der Waals surface area contributed by atoms with Gasteiger partial charge in [0.25, 0.3) is 0 Å². The van der Waals surface area contributed by atoms with Crippen LogP contribution in [-0.2, 0) is 0 Å². The molecule has 8 bridgehead atoms. The zero-order valence-corrected chi connectivity index (χ0v) is 31.1. The average Bonchev–Trinajstić information content (AvgIpc) is 4.06. The first kappa shape index (κ1) is 33.0. The molecule has 0 radical (unpaired) electrons.